The average Bonchev–Trinajstić information content (AvgIpc) is 2.12. The summed E-state index contributed by atoms with van der Waals surface area (Å²) in [6.45, 7) is 7.19. The first-order valence-corrected chi connectivity index (χ1v) is 7.36. The molecule has 1 amide bonds. The molecule has 0 rings (SSSR count). The van der Waals surface area contributed by atoms with Crippen molar-refractivity contribution in [3.8, 4) is 0 Å². The molecule has 0 aromatic carbocycles. The number of ketones is 1. The van der Waals surface area contributed by atoms with Gasteiger partial charge in [-0.2, -0.15) is 0 Å². The third-order valence-corrected chi connectivity index (χ3v) is 3.81. The van der Waals surface area contributed by atoms with Gasteiger partial charge in [-0.25, -0.2) is 0 Å². The Morgan fingerprint density at radius 2 is 1.88 bits per heavy atom. The average molecular weight is 247 g/mol. The van der Waals surface area contributed by atoms with Gasteiger partial charge < -0.3 is 15.0 Å². The lowest BCUT2D eigenvalue weighted by Crippen LogP contribution is -2.36. The van der Waals surface area contributed by atoms with Crippen LogP contribution in [-0.4, -0.2) is 29.0 Å². The van der Waals surface area contributed by atoms with E-state index in [-0.39, 0.29) is 23.4 Å². The van der Waals surface area contributed by atoms with Crippen molar-refractivity contribution >= 4 is 19.8 Å². The minimum absolute atomic E-state index is 0.0802. The second-order valence-corrected chi connectivity index (χ2v) is 6.09. The first kappa shape index (κ1) is 15.5. The van der Waals surface area contributed by atoms with E-state index in [1.165, 1.54) is 6.92 Å². The van der Waals surface area contributed by atoms with E-state index in [9.17, 15) is 14.5 Å². The van der Waals surface area contributed by atoms with Crippen LogP contribution in [-0.2, 0) is 9.59 Å². The zero-order valence-electron chi connectivity index (χ0n) is 10.5. The van der Waals surface area contributed by atoms with E-state index >= 15 is 0 Å². The number of hydrogen-bond donors (Lipinski definition) is 2. The van der Waals surface area contributed by atoms with E-state index in [1.807, 2.05) is 13.8 Å². The van der Waals surface area contributed by atoms with Crippen molar-refractivity contribution in [3.05, 3.63) is 0 Å². The number of rotatable bonds is 7. The highest BCUT2D eigenvalue weighted by Gasteiger charge is 2.20. The third kappa shape index (κ3) is 6.91. The molecule has 0 spiro atoms. The van der Waals surface area contributed by atoms with E-state index in [1.54, 1.807) is 6.66 Å². The fourth-order valence-corrected chi connectivity index (χ4v) is 2.62. The van der Waals surface area contributed by atoms with Gasteiger partial charge in [-0.3, -0.25) is 4.79 Å². The Labute approximate surface area is 98.6 Å². The Morgan fingerprint density at radius 1 is 1.31 bits per heavy atom. The highest BCUT2D eigenvalue weighted by molar-refractivity contribution is 7.51. The molecule has 0 saturated carbocycles. The summed E-state index contributed by atoms with van der Waals surface area (Å²) in [5.74, 6) is 0.0918. The van der Waals surface area contributed by atoms with Gasteiger partial charge in [-0.15, -0.1) is 0 Å². The molecule has 4 nitrogen and oxygen atoms in total. The van der Waals surface area contributed by atoms with Crippen LogP contribution in [0.1, 0.15) is 40.0 Å². The van der Waals surface area contributed by atoms with Crippen molar-refractivity contribution in [2.24, 2.45) is 5.92 Å². The molecular weight excluding hydrogens is 225 g/mol. The molecule has 0 bridgehead atoms. The number of carbonyl (C=O) groups is 2. The number of hydrogen-bond acceptors (Lipinski definition) is 3. The first-order valence-electron chi connectivity index (χ1n) is 5.55. The fourth-order valence-electron chi connectivity index (χ4n) is 1.43. The second kappa shape index (κ2) is 7.75. The third-order valence-electron chi connectivity index (χ3n) is 2.28. The molecule has 2 atom stereocenters. The molecule has 16 heavy (non-hydrogen) atoms. The van der Waals surface area contributed by atoms with Gasteiger partial charge in [0.2, 0.25) is 5.91 Å². The van der Waals surface area contributed by atoms with Gasteiger partial charge in [0, 0.05) is 21.0 Å². The van der Waals surface area contributed by atoms with Crippen LogP contribution in [0.15, 0.2) is 0 Å². The van der Waals surface area contributed by atoms with Crippen LogP contribution in [0.3, 0.4) is 0 Å². The summed E-state index contributed by atoms with van der Waals surface area (Å²) in [4.78, 5) is 31.8. The normalized spacial score (nSPS) is 14.6. The standard InChI is InChI=1S/C11H22NO3P/c1-8(2)11(16(4)15)12-10(14)7-5-6-9(3)13/h8,11,15H,5-7H2,1-4H3,(H,12,14). The molecule has 0 radical (unpaired) electrons. The molecular formula is C11H22NO3P. The maximum absolute atomic E-state index is 11.5. The van der Waals surface area contributed by atoms with Crippen LogP contribution in [0.4, 0.5) is 0 Å². The van der Waals surface area contributed by atoms with Crippen LogP contribution < -0.4 is 5.32 Å². The summed E-state index contributed by atoms with van der Waals surface area (Å²) in [7, 11) is -1.16. The van der Waals surface area contributed by atoms with Crippen LogP contribution in [0.2, 0.25) is 0 Å². The maximum Gasteiger partial charge on any atom is 0.220 e. The lowest BCUT2D eigenvalue weighted by molar-refractivity contribution is -0.121. The molecule has 0 aromatic rings. The molecule has 0 aliphatic carbocycles. The highest BCUT2D eigenvalue weighted by Crippen LogP contribution is 2.34. The van der Waals surface area contributed by atoms with E-state index in [0.29, 0.717) is 19.3 Å². The second-order valence-electron chi connectivity index (χ2n) is 4.39. The minimum atomic E-state index is -1.16. The summed E-state index contributed by atoms with van der Waals surface area (Å²) in [6.07, 6.45) is 1.38. The van der Waals surface area contributed by atoms with Gasteiger partial charge in [-0.05, 0) is 25.9 Å². The molecule has 0 fully saturated rings. The summed E-state index contributed by atoms with van der Waals surface area (Å²) in [6, 6.07) is 0. The molecule has 2 N–H and O–H groups in total. The van der Waals surface area contributed by atoms with Crippen LogP contribution in [0, 0.1) is 5.92 Å². The van der Waals surface area contributed by atoms with Gasteiger partial charge in [0.1, 0.15) is 5.78 Å². The van der Waals surface area contributed by atoms with Gasteiger partial charge in [0.15, 0.2) is 0 Å². The predicted molar refractivity (Wildman–Crippen MR) is 66.4 cm³/mol. The Bertz CT molecular complexity index is 233. The van der Waals surface area contributed by atoms with E-state index in [0.717, 1.165) is 0 Å². The van der Waals surface area contributed by atoms with Crippen molar-refractivity contribution in [3.63, 3.8) is 0 Å². The quantitative estimate of drug-likeness (QED) is 0.675. The number of carbonyl (C=O) groups excluding carboxylic acids is 2. The zero-order valence-corrected chi connectivity index (χ0v) is 11.4. The summed E-state index contributed by atoms with van der Waals surface area (Å²) >= 11 is 0. The number of amides is 1. The number of nitrogens with one attached hydrogen (secondary N) is 1. The Balaban J connectivity index is 3.96. The summed E-state index contributed by atoms with van der Waals surface area (Å²) in [5.41, 5.74) is 0. The van der Waals surface area contributed by atoms with Crippen molar-refractivity contribution in [1.82, 2.24) is 5.32 Å². The van der Waals surface area contributed by atoms with E-state index in [4.69, 9.17) is 0 Å². The minimum Gasteiger partial charge on any atom is -0.372 e. The molecule has 0 aromatic heterocycles. The van der Waals surface area contributed by atoms with Gasteiger partial charge in [0.05, 0.1) is 5.78 Å². The monoisotopic (exact) mass is 247 g/mol. The van der Waals surface area contributed by atoms with E-state index < -0.39 is 8.15 Å². The maximum atomic E-state index is 11.5. The Hall–Kier alpha value is -0.470. The SMILES string of the molecule is CC(=O)CCCC(=O)NC(C(C)C)P(C)O. The van der Waals surface area contributed by atoms with E-state index in [2.05, 4.69) is 5.32 Å². The van der Waals surface area contributed by atoms with Gasteiger partial charge in [0.25, 0.3) is 0 Å². The lowest BCUT2D eigenvalue weighted by Gasteiger charge is -2.24. The number of Topliss-reactive ketones (excluding diaryl/α,β-unsaturated/α-hetero) is 1. The lowest BCUT2D eigenvalue weighted by atomic mass is 10.1. The molecule has 0 aliphatic rings. The fraction of sp³-hybridized carbons (Fsp3) is 0.818. The summed E-state index contributed by atoms with van der Waals surface area (Å²) < 4.78 is 0. The van der Waals surface area contributed by atoms with Crippen LogP contribution >= 0.6 is 8.15 Å². The molecule has 5 heteroatoms. The Morgan fingerprint density at radius 3 is 2.25 bits per heavy atom. The van der Waals surface area contributed by atoms with Gasteiger partial charge in [-0.1, -0.05) is 13.8 Å². The smallest absolute Gasteiger partial charge is 0.220 e. The Kier molecular flexibility index (Phi) is 7.52. The molecule has 0 aliphatic heterocycles. The zero-order chi connectivity index (χ0) is 12.7. The highest BCUT2D eigenvalue weighted by atomic mass is 31.1. The molecule has 0 heterocycles. The van der Waals surface area contributed by atoms with Gasteiger partial charge >= 0.3 is 0 Å². The van der Waals surface area contributed by atoms with Crippen LogP contribution in [0.25, 0.3) is 0 Å². The molecule has 2 unspecified atom stereocenters. The van der Waals surface area contributed by atoms with Crippen molar-refractivity contribution in [2.75, 3.05) is 6.66 Å². The van der Waals surface area contributed by atoms with Crippen molar-refractivity contribution < 1.29 is 14.5 Å². The molecule has 94 valence electrons. The topological polar surface area (TPSA) is 66.4 Å². The summed E-state index contributed by atoms with van der Waals surface area (Å²) in [5, 5.41) is 2.82. The van der Waals surface area contributed by atoms with Crippen LogP contribution in [0.5, 0.6) is 0 Å². The molecule has 0 saturated heterocycles. The predicted octanol–water partition coefficient (Wildman–Crippen LogP) is 1.86. The van der Waals surface area contributed by atoms with Crippen molar-refractivity contribution in [2.45, 2.75) is 45.8 Å². The van der Waals surface area contributed by atoms with Crippen molar-refractivity contribution in [1.29, 1.82) is 0 Å². The largest absolute Gasteiger partial charge is 0.372 e. The first-order chi connectivity index (χ1) is 7.34.